The summed E-state index contributed by atoms with van der Waals surface area (Å²) in [6.07, 6.45) is 0. The Labute approximate surface area is 177 Å². The van der Waals surface area contributed by atoms with Crippen molar-refractivity contribution in [2.75, 3.05) is 21.3 Å². The summed E-state index contributed by atoms with van der Waals surface area (Å²) in [5, 5.41) is 2.89. The van der Waals surface area contributed by atoms with Crippen LogP contribution in [0.5, 0.6) is 17.2 Å². The maximum atomic E-state index is 12.6. The lowest BCUT2D eigenvalue weighted by molar-refractivity contribution is 0.0939. The number of methoxy groups -OCH3 is 3. The summed E-state index contributed by atoms with van der Waals surface area (Å²) in [5.41, 5.74) is 1.11. The van der Waals surface area contributed by atoms with Gasteiger partial charge in [-0.2, -0.15) is 0 Å². The molecule has 0 aliphatic rings. The molecule has 2 aromatic carbocycles. The van der Waals surface area contributed by atoms with E-state index < -0.39 is 10.0 Å². The Morgan fingerprint density at radius 1 is 0.900 bits per heavy atom. The average molecular weight is 437 g/mol. The van der Waals surface area contributed by atoms with Crippen LogP contribution in [0, 0.1) is 0 Å². The van der Waals surface area contributed by atoms with Crippen molar-refractivity contribution in [2.45, 2.75) is 37.8 Å². The summed E-state index contributed by atoms with van der Waals surface area (Å²) in [4.78, 5) is 12.7. The van der Waals surface area contributed by atoms with E-state index in [1.165, 1.54) is 45.6 Å². The number of sulfonamides is 1. The zero-order valence-electron chi connectivity index (χ0n) is 18.0. The quantitative estimate of drug-likeness (QED) is 0.627. The maximum Gasteiger partial charge on any atom is 0.251 e. The van der Waals surface area contributed by atoms with Gasteiger partial charge in [0.15, 0.2) is 11.5 Å². The number of hydrogen-bond acceptors (Lipinski definition) is 6. The van der Waals surface area contributed by atoms with E-state index in [2.05, 4.69) is 10.0 Å². The van der Waals surface area contributed by atoms with E-state index in [4.69, 9.17) is 14.2 Å². The van der Waals surface area contributed by atoms with Crippen LogP contribution >= 0.6 is 0 Å². The first-order chi connectivity index (χ1) is 14.1. The van der Waals surface area contributed by atoms with Crippen molar-refractivity contribution in [2.24, 2.45) is 0 Å². The minimum absolute atomic E-state index is 0.102. The first kappa shape index (κ1) is 23.5. The Morgan fingerprint density at radius 2 is 1.43 bits per heavy atom. The smallest absolute Gasteiger partial charge is 0.251 e. The largest absolute Gasteiger partial charge is 0.493 e. The van der Waals surface area contributed by atoms with Crippen LogP contribution in [0.2, 0.25) is 0 Å². The summed E-state index contributed by atoms with van der Waals surface area (Å²) < 4.78 is 43.0. The molecule has 164 valence electrons. The molecule has 0 saturated carbocycles. The van der Waals surface area contributed by atoms with E-state index in [1.807, 2.05) is 6.92 Å². The van der Waals surface area contributed by atoms with Crippen LogP contribution < -0.4 is 24.2 Å². The molecule has 0 bridgehead atoms. The third kappa shape index (κ3) is 5.43. The number of rotatable bonds is 9. The minimum atomic E-state index is -3.61. The molecule has 2 N–H and O–H groups in total. The van der Waals surface area contributed by atoms with Gasteiger partial charge in [-0.1, -0.05) is 0 Å². The fraction of sp³-hybridized carbons (Fsp3) is 0.381. The highest BCUT2D eigenvalue weighted by Crippen LogP contribution is 2.39. The van der Waals surface area contributed by atoms with Gasteiger partial charge < -0.3 is 19.5 Å². The van der Waals surface area contributed by atoms with E-state index in [0.717, 1.165) is 5.56 Å². The third-order valence-electron chi connectivity index (χ3n) is 4.35. The van der Waals surface area contributed by atoms with Crippen LogP contribution in [0.25, 0.3) is 0 Å². The lowest BCUT2D eigenvalue weighted by Gasteiger charge is -2.19. The zero-order valence-corrected chi connectivity index (χ0v) is 18.8. The standard InChI is InChI=1S/C21H28N2O6S/c1-13(2)23-30(25,26)17-9-7-15(8-10-17)21(24)22-14(3)16-11-18(27-4)20(29-6)19(12-16)28-5/h7-14,23H,1-6H3,(H,22,24). The number of amides is 1. The van der Waals surface area contributed by atoms with Crippen molar-refractivity contribution in [1.29, 1.82) is 0 Å². The van der Waals surface area contributed by atoms with E-state index in [-0.39, 0.29) is 22.9 Å². The molecule has 1 unspecified atom stereocenters. The van der Waals surface area contributed by atoms with Gasteiger partial charge in [-0.3, -0.25) is 4.79 Å². The fourth-order valence-corrected chi connectivity index (χ4v) is 4.13. The Hall–Kier alpha value is -2.78. The number of nitrogens with one attached hydrogen (secondary N) is 2. The first-order valence-electron chi connectivity index (χ1n) is 9.36. The first-order valence-corrected chi connectivity index (χ1v) is 10.8. The minimum Gasteiger partial charge on any atom is -0.493 e. The van der Waals surface area contributed by atoms with Crippen LogP contribution in [0.4, 0.5) is 0 Å². The zero-order chi connectivity index (χ0) is 22.5. The predicted molar refractivity (Wildman–Crippen MR) is 114 cm³/mol. The number of hydrogen-bond donors (Lipinski definition) is 2. The van der Waals surface area contributed by atoms with Gasteiger partial charge in [-0.05, 0) is 62.7 Å². The molecule has 0 aliphatic heterocycles. The molecule has 0 saturated heterocycles. The molecule has 1 atom stereocenters. The number of carbonyl (C=O) groups excluding carboxylic acids is 1. The topological polar surface area (TPSA) is 103 Å². The molecule has 8 nitrogen and oxygen atoms in total. The van der Waals surface area contributed by atoms with Gasteiger partial charge in [0.2, 0.25) is 15.8 Å². The van der Waals surface area contributed by atoms with Crippen LogP contribution in [-0.2, 0) is 10.0 Å². The highest BCUT2D eigenvalue weighted by molar-refractivity contribution is 7.89. The summed E-state index contributed by atoms with van der Waals surface area (Å²) in [7, 11) is 0.952. The second kappa shape index (κ2) is 9.82. The molecule has 9 heteroatoms. The number of ether oxygens (including phenoxy) is 3. The van der Waals surface area contributed by atoms with Gasteiger partial charge in [0.1, 0.15) is 0 Å². The third-order valence-corrected chi connectivity index (χ3v) is 6.03. The molecule has 2 rings (SSSR count). The SMILES string of the molecule is COc1cc(C(C)NC(=O)c2ccc(S(=O)(=O)NC(C)C)cc2)cc(OC)c1OC. The molecule has 30 heavy (non-hydrogen) atoms. The molecule has 0 heterocycles. The second-order valence-electron chi connectivity index (χ2n) is 6.95. The van der Waals surface area contributed by atoms with E-state index >= 15 is 0 Å². The molecule has 0 spiro atoms. The molecule has 1 amide bonds. The monoisotopic (exact) mass is 436 g/mol. The molecule has 0 aromatic heterocycles. The Balaban J connectivity index is 2.20. The van der Waals surface area contributed by atoms with Crippen LogP contribution in [0.3, 0.4) is 0 Å². The predicted octanol–water partition coefficient (Wildman–Crippen LogP) is 2.89. The van der Waals surface area contributed by atoms with Crippen molar-refractivity contribution in [3.05, 3.63) is 47.5 Å². The van der Waals surface area contributed by atoms with Gasteiger partial charge >= 0.3 is 0 Å². The molecular formula is C21H28N2O6S. The van der Waals surface area contributed by atoms with Crippen LogP contribution in [0.1, 0.15) is 42.7 Å². The highest BCUT2D eigenvalue weighted by Gasteiger charge is 2.19. The summed E-state index contributed by atoms with van der Waals surface area (Å²) in [6, 6.07) is 8.71. The molecule has 2 aromatic rings. The van der Waals surface area contributed by atoms with Crippen molar-refractivity contribution in [1.82, 2.24) is 10.0 Å². The van der Waals surface area contributed by atoms with Gasteiger partial charge in [0.25, 0.3) is 5.91 Å². The Morgan fingerprint density at radius 3 is 1.87 bits per heavy atom. The lowest BCUT2D eigenvalue weighted by Crippen LogP contribution is -2.30. The number of carbonyl (C=O) groups is 1. The van der Waals surface area contributed by atoms with Crippen molar-refractivity contribution in [3.63, 3.8) is 0 Å². The van der Waals surface area contributed by atoms with Gasteiger partial charge in [0.05, 0.1) is 32.3 Å². The highest BCUT2D eigenvalue weighted by atomic mass is 32.2. The van der Waals surface area contributed by atoms with Crippen LogP contribution in [0.15, 0.2) is 41.3 Å². The van der Waals surface area contributed by atoms with E-state index in [0.29, 0.717) is 22.8 Å². The number of benzene rings is 2. The van der Waals surface area contributed by atoms with Crippen molar-refractivity contribution < 1.29 is 27.4 Å². The summed E-state index contributed by atoms with van der Waals surface area (Å²) in [6.45, 7) is 5.30. The summed E-state index contributed by atoms with van der Waals surface area (Å²) in [5.74, 6) is 1.10. The molecule has 0 fully saturated rings. The average Bonchev–Trinajstić information content (AvgIpc) is 2.71. The summed E-state index contributed by atoms with van der Waals surface area (Å²) >= 11 is 0. The fourth-order valence-electron chi connectivity index (χ4n) is 2.88. The Kier molecular flexibility index (Phi) is 7.69. The molecular weight excluding hydrogens is 408 g/mol. The van der Waals surface area contributed by atoms with Crippen molar-refractivity contribution in [3.8, 4) is 17.2 Å². The molecule has 0 aliphatic carbocycles. The Bertz CT molecular complexity index is 962. The normalized spacial score (nSPS) is 12.4. The lowest BCUT2D eigenvalue weighted by atomic mass is 10.1. The maximum absolute atomic E-state index is 12.6. The molecule has 0 radical (unpaired) electrons. The van der Waals surface area contributed by atoms with Crippen LogP contribution in [-0.4, -0.2) is 41.7 Å². The second-order valence-corrected chi connectivity index (χ2v) is 8.67. The van der Waals surface area contributed by atoms with E-state index in [9.17, 15) is 13.2 Å². The van der Waals surface area contributed by atoms with Gasteiger partial charge in [-0.25, -0.2) is 13.1 Å². The van der Waals surface area contributed by atoms with Gasteiger partial charge in [0, 0.05) is 11.6 Å². The van der Waals surface area contributed by atoms with E-state index in [1.54, 1.807) is 26.0 Å². The van der Waals surface area contributed by atoms with Gasteiger partial charge in [-0.15, -0.1) is 0 Å². The van der Waals surface area contributed by atoms with Crippen molar-refractivity contribution >= 4 is 15.9 Å².